The third-order valence-corrected chi connectivity index (χ3v) is 9.43. The number of aliphatic hydroxyl groups excluding tert-OH is 2. The summed E-state index contributed by atoms with van der Waals surface area (Å²) in [4.78, 5) is 0. The van der Waals surface area contributed by atoms with Gasteiger partial charge in [0.2, 0.25) is 0 Å². The molecule has 0 radical (unpaired) electrons. The lowest BCUT2D eigenvalue weighted by atomic mass is 9.91. The minimum absolute atomic E-state index is 0.0443. The molecule has 1 unspecified atom stereocenters. The molecule has 0 saturated carbocycles. The number of rotatable bonds is 5. The van der Waals surface area contributed by atoms with Gasteiger partial charge in [0.15, 0.2) is 8.32 Å². The van der Waals surface area contributed by atoms with Crippen LogP contribution < -0.4 is 0 Å². The van der Waals surface area contributed by atoms with Crippen molar-refractivity contribution in [3.63, 3.8) is 0 Å². The van der Waals surface area contributed by atoms with Crippen molar-refractivity contribution in [3.8, 4) is 0 Å². The fourth-order valence-corrected chi connectivity index (χ4v) is 3.20. The minimum Gasteiger partial charge on any atom is -0.414 e. The van der Waals surface area contributed by atoms with Gasteiger partial charge in [0.25, 0.3) is 0 Å². The van der Waals surface area contributed by atoms with Gasteiger partial charge in [-0.3, -0.25) is 0 Å². The Hall–Kier alpha value is -0.203. The van der Waals surface area contributed by atoms with Crippen molar-refractivity contribution in [2.75, 3.05) is 6.61 Å². The molecule has 1 rings (SSSR count). The van der Waals surface area contributed by atoms with Crippen molar-refractivity contribution in [1.82, 2.24) is 0 Å². The average Bonchev–Trinajstić information content (AvgIpc) is 2.35. The second-order valence-corrected chi connectivity index (χ2v) is 12.5. The molecule has 5 atom stereocenters. The second-order valence-electron chi connectivity index (χ2n) is 7.68. The normalized spacial score (nSPS) is 32.8. The first-order valence-corrected chi connectivity index (χ1v) is 10.7. The molecule has 1 aliphatic rings. The van der Waals surface area contributed by atoms with Gasteiger partial charge < -0.3 is 19.4 Å². The van der Waals surface area contributed by atoms with Gasteiger partial charge in [-0.2, -0.15) is 0 Å². The summed E-state index contributed by atoms with van der Waals surface area (Å²) in [5.74, 6) is 0.0443. The maximum atomic E-state index is 10.1. The molecule has 0 bridgehead atoms. The van der Waals surface area contributed by atoms with Gasteiger partial charge in [-0.15, -0.1) is 6.58 Å². The molecule has 0 aromatic rings. The van der Waals surface area contributed by atoms with E-state index >= 15 is 0 Å². The molecule has 124 valence electrons. The Morgan fingerprint density at radius 2 is 1.90 bits per heavy atom. The van der Waals surface area contributed by atoms with Gasteiger partial charge in [-0.25, -0.2) is 0 Å². The topological polar surface area (TPSA) is 58.9 Å². The molecule has 2 N–H and O–H groups in total. The minimum atomic E-state index is -1.87. The van der Waals surface area contributed by atoms with Crippen LogP contribution in [-0.2, 0) is 9.16 Å². The summed E-state index contributed by atoms with van der Waals surface area (Å²) in [6.07, 6.45) is 0.0649. The van der Waals surface area contributed by atoms with Crippen LogP contribution in [0.5, 0.6) is 0 Å². The van der Waals surface area contributed by atoms with E-state index in [4.69, 9.17) is 9.16 Å². The second kappa shape index (κ2) is 6.92. The average molecular weight is 317 g/mol. The van der Waals surface area contributed by atoms with Crippen molar-refractivity contribution in [1.29, 1.82) is 0 Å². The van der Waals surface area contributed by atoms with Gasteiger partial charge in [0, 0.05) is 12.3 Å². The van der Waals surface area contributed by atoms with E-state index in [1.165, 1.54) is 0 Å². The first-order valence-electron chi connectivity index (χ1n) is 7.77. The molecule has 1 aliphatic heterocycles. The number of hydrogen-bond acceptors (Lipinski definition) is 4. The SMILES string of the molecule is C=CC(C)[C@@H]1O[C@H](CO[Si](C)(C)C(C)(C)C)[C@H](O)C[C@@H]1O. The quantitative estimate of drug-likeness (QED) is 0.605. The summed E-state index contributed by atoms with van der Waals surface area (Å²) in [5, 5.41) is 20.3. The molecule has 0 aromatic heterocycles. The van der Waals surface area contributed by atoms with E-state index in [0.29, 0.717) is 13.0 Å². The third-order valence-electron chi connectivity index (χ3n) is 4.93. The molecule has 0 amide bonds. The lowest BCUT2D eigenvalue weighted by Gasteiger charge is -2.42. The molecule has 0 spiro atoms. The van der Waals surface area contributed by atoms with E-state index in [1.807, 2.05) is 6.92 Å². The van der Waals surface area contributed by atoms with Crippen molar-refractivity contribution in [2.24, 2.45) is 5.92 Å². The summed E-state index contributed by atoms with van der Waals surface area (Å²) in [7, 11) is -1.87. The number of hydrogen-bond donors (Lipinski definition) is 2. The monoisotopic (exact) mass is 316 g/mol. The van der Waals surface area contributed by atoms with Gasteiger partial charge in [-0.05, 0) is 18.1 Å². The molecule has 1 heterocycles. The number of ether oxygens (including phenoxy) is 1. The molecule has 1 saturated heterocycles. The van der Waals surface area contributed by atoms with Crippen LogP contribution in [0.15, 0.2) is 12.7 Å². The molecular formula is C16H32O4Si. The first-order chi connectivity index (χ1) is 9.49. The summed E-state index contributed by atoms with van der Waals surface area (Å²) >= 11 is 0. The van der Waals surface area contributed by atoms with Crippen molar-refractivity contribution in [3.05, 3.63) is 12.7 Å². The molecule has 1 fully saturated rings. The van der Waals surface area contributed by atoms with Gasteiger partial charge in [0.05, 0.1) is 24.9 Å². The van der Waals surface area contributed by atoms with Crippen LogP contribution in [0.25, 0.3) is 0 Å². The summed E-state index contributed by atoms with van der Waals surface area (Å²) in [6.45, 7) is 17.0. The van der Waals surface area contributed by atoms with Crippen molar-refractivity contribution >= 4 is 8.32 Å². The van der Waals surface area contributed by atoms with E-state index in [2.05, 4.69) is 40.4 Å². The molecule has 21 heavy (non-hydrogen) atoms. The zero-order valence-corrected chi connectivity index (χ0v) is 15.3. The largest absolute Gasteiger partial charge is 0.414 e. The van der Waals surface area contributed by atoms with E-state index < -0.39 is 20.5 Å². The fourth-order valence-electron chi connectivity index (χ4n) is 2.18. The molecule has 0 aromatic carbocycles. The molecule has 4 nitrogen and oxygen atoms in total. The van der Waals surface area contributed by atoms with Crippen LogP contribution in [0, 0.1) is 5.92 Å². The molecular weight excluding hydrogens is 284 g/mol. The van der Waals surface area contributed by atoms with Crippen LogP contribution in [0.4, 0.5) is 0 Å². The van der Waals surface area contributed by atoms with Crippen LogP contribution in [0.3, 0.4) is 0 Å². The Labute approximate surface area is 130 Å². The Balaban J connectivity index is 2.68. The van der Waals surface area contributed by atoms with E-state index in [9.17, 15) is 10.2 Å². The van der Waals surface area contributed by atoms with Crippen molar-refractivity contribution in [2.45, 2.75) is 76.7 Å². The zero-order valence-electron chi connectivity index (χ0n) is 14.3. The summed E-state index contributed by atoms with van der Waals surface area (Å²) in [6, 6.07) is 0. The highest BCUT2D eigenvalue weighted by atomic mass is 28.4. The van der Waals surface area contributed by atoms with E-state index in [1.54, 1.807) is 6.08 Å². The Morgan fingerprint density at radius 1 is 1.33 bits per heavy atom. The fraction of sp³-hybridized carbons (Fsp3) is 0.875. The van der Waals surface area contributed by atoms with Gasteiger partial charge in [0.1, 0.15) is 6.10 Å². The van der Waals surface area contributed by atoms with Crippen molar-refractivity contribution < 1.29 is 19.4 Å². The smallest absolute Gasteiger partial charge is 0.192 e. The highest BCUT2D eigenvalue weighted by Crippen LogP contribution is 2.37. The lowest BCUT2D eigenvalue weighted by Crippen LogP contribution is -2.53. The van der Waals surface area contributed by atoms with E-state index in [-0.39, 0.29) is 23.2 Å². The van der Waals surface area contributed by atoms with Crippen LogP contribution in [-0.4, -0.2) is 49.6 Å². The Bertz CT molecular complexity index is 351. The molecule has 0 aliphatic carbocycles. The van der Waals surface area contributed by atoms with Crippen LogP contribution >= 0.6 is 0 Å². The maximum Gasteiger partial charge on any atom is 0.192 e. The Morgan fingerprint density at radius 3 is 2.38 bits per heavy atom. The standard InChI is InChI=1S/C16H32O4Si/c1-8-11(2)15-13(18)9-12(17)14(20-15)10-19-21(6,7)16(3,4)5/h8,11-15,17-18H,1,9-10H2,2-7H3/t11?,12-,13+,14-,15+/m1/s1. The molecule has 5 heteroatoms. The summed E-state index contributed by atoms with van der Waals surface area (Å²) in [5.41, 5.74) is 0. The summed E-state index contributed by atoms with van der Waals surface area (Å²) < 4.78 is 12.0. The van der Waals surface area contributed by atoms with Crippen LogP contribution in [0.2, 0.25) is 18.1 Å². The first kappa shape index (κ1) is 18.8. The highest BCUT2D eigenvalue weighted by Gasteiger charge is 2.41. The zero-order chi connectivity index (χ0) is 16.4. The van der Waals surface area contributed by atoms with Crippen LogP contribution in [0.1, 0.15) is 34.1 Å². The third kappa shape index (κ3) is 4.63. The van der Waals surface area contributed by atoms with Gasteiger partial charge in [-0.1, -0.05) is 33.8 Å². The van der Waals surface area contributed by atoms with Gasteiger partial charge >= 0.3 is 0 Å². The predicted molar refractivity (Wildman–Crippen MR) is 87.8 cm³/mol. The number of aliphatic hydroxyl groups is 2. The maximum absolute atomic E-state index is 10.1. The predicted octanol–water partition coefficient (Wildman–Crippen LogP) is 2.71. The van der Waals surface area contributed by atoms with E-state index in [0.717, 1.165) is 0 Å². The lowest BCUT2D eigenvalue weighted by molar-refractivity contribution is -0.187. The Kier molecular flexibility index (Phi) is 6.21. The highest BCUT2D eigenvalue weighted by molar-refractivity contribution is 6.74.